The largest absolute Gasteiger partial charge is 0.389 e. The van der Waals surface area contributed by atoms with Gasteiger partial charge in [0, 0.05) is 11.8 Å². The number of thiazole rings is 1. The molecule has 0 atom stereocenters. The highest BCUT2D eigenvalue weighted by molar-refractivity contribution is 7.17. The van der Waals surface area contributed by atoms with Crippen molar-refractivity contribution in [1.82, 2.24) is 14.8 Å². The molecule has 0 aliphatic heterocycles. The van der Waals surface area contributed by atoms with E-state index in [1.54, 1.807) is 10.9 Å². The quantitative estimate of drug-likeness (QED) is 0.751. The maximum atomic E-state index is 5.65. The van der Waals surface area contributed by atoms with Gasteiger partial charge in [0.05, 0.1) is 12.4 Å². The van der Waals surface area contributed by atoms with E-state index in [9.17, 15) is 0 Å². The van der Waals surface area contributed by atoms with Gasteiger partial charge in [0.1, 0.15) is 5.00 Å². The molecular weight excluding hydrogens is 232 g/mol. The number of nitrogens with two attached hydrogens (primary N) is 1. The predicted molar refractivity (Wildman–Crippen MR) is 69.1 cm³/mol. The van der Waals surface area contributed by atoms with Gasteiger partial charge in [0.15, 0.2) is 0 Å². The second-order valence-corrected chi connectivity index (χ2v) is 4.63. The molecule has 0 radical (unpaired) electrons. The lowest BCUT2D eigenvalue weighted by Gasteiger charge is -1.94. The summed E-state index contributed by atoms with van der Waals surface area (Å²) in [7, 11) is 0. The zero-order chi connectivity index (χ0) is 11.7. The van der Waals surface area contributed by atoms with Gasteiger partial charge in [-0.15, -0.1) is 0 Å². The first-order valence-electron chi connectivity index (χ1n) is 5.15. The van der Waals surface area contributed by atoms with Crippen molar-refractivity contribution in [2.45, 2.75) is 0 Å². The van der Waals surface area contributed by atoms with Gasteiger partial charge in [-0.3, -0.25) is 0 Å². The second kappa shape index (κ2) is 4.03. The molecule has 1 aromatic carbocycles. The summed E-state index contributed by atoms with van der Waals surface area (Å²) in [6, 6.07) is 10.1. The highest BCUT2D eigenvalue weighted by Crippen LogP contribution is 2.22. The van der Waals surface area contributed by atoms with E-state index in [0.717, 1.165) is 16.3 Å². The molecule has 4 nitrogen and oxygen atoms in total. The molecule has 0 aliphatic carbocycles. The average molecular weight is 242 g/mol. The number of hydrogen-bond donors (Lipinski definition) is 1. The van der Waals surface area contributed by atoms with E-state index in [0.29, 0.717) is 5.00 Å². The molecule has 84 valence electrons. The van der Waals surface area contributed by atoms with Crippen molar-refractivity contribution in [3.05, 3.63) is 48.9 Å². The molecule has 3 rings (SSSR count). The average Bonchev–Trinajstić information content (AvgIpc) is 2.98. The molecule has 0 spiro atoms. The molecule has 0 fully saturated rings. The van der Waals surface area contributed by atoms with Crippen LogP contribution in [0, 0.1) is 0 Å². The van der Waals surface area contributed by atoms with Gasteiger partial charge in [0.25, 0.3) is 0 Å². The lowest BCUT2D eigenvalue weighted by atomic mass is 10.1. The fourth-order valence-electron chi connectivity index (χ4n) is 1.59. The van der Waals surface area contributed by atoms with Gasteiger partial charge in [-0.25, -0.2) is 9.67 Å². The summed E-state index contributed by atoms with van der Waals surface area (Å²) in [6.07, 6.45) is 5.42. The van der Waals surface area contributed by atoms with Crippen LogP contribution >= 0.6 is 11.3 Å². The second-order valence-electron chi connectivity index (χ2n) is 3.58. The van der Waals surface area contributed by atoms with E-state index in [1.165, 1.54) is 11.3 Å². The zero-order valence-electron chi connectivity index (χ0n) is 8.95. The maximum absolute atomic E-state index is 5.65. The first-order chi connectivity index (χ1) is 8.33. The zero-order valence-corrected chi connectivity index (χ0v) is 9.76. The van der Waals surface area contributed by atoms with Crippen LogP contribution in [0.1, 0.15) is 0 Å². The number of anilines is 1. The molecule has 0 bridgehead atoms. The SMILES string of the molecule is Nc1cnc(-n2cc(-c3ccccc3)cn2)s1. The van der Waals surface area contributed by atoms with Gasteiger partial charge < -0.3 is 5.73 Å². The summed E-state index contributed by atoms with van der Waals surface area (Å²) in [4.78, 5) is 4.19. The third-order valence-corrected chi connectivity index (χ3v) is 3.21. The normalized spacial score (nSPS) is 10.6. The van der Waals surface area contributed by atoms with Crippen LogP contribution in [0.5, 0.6) is 0 Å². The molecule has 0 saturated heterocycles. The summed E-state index contributed by atoms with van der Waals surface area (Å²) in [5, 5.41) is 5.76. The van der Waals surface area contributed by atoms with E-state index in [4.69, 9.17) is 5.73 Å². The molecule has 17 heavy (non-hydrogen) atoms. The number of nitrogens with zero attached hydrogens (tertiary/aromatic N) is 3. The Labute approximate surface area is 102 Å². The number of nitrogen functional groups attached to an aromatic ring is 1. The minimum atomic E-state index is 0.691. The predicted octanol–water partition coefficient (Wildman–Crippen LogP) is 2.58. The van der Waals surface area contributed by atoms with Crippen LogP contribution < -0.4 is 5.73 Å². The Kier molecular flexibility index (Phi) is 2.38. The summed E-state index contributed by atoms with van der Waals surface area (Å²) >= 11 is 1.42. The van der Waals surface area contributed by atoms with E-state index in [2.05, 4.69) is 22.2 Å². The molecule has 2 N–H and O–H groups in total. The smallest absolute Gasteiger partial charge is 0.212 e. The van der Waals surface area contributed by atoms with Crippen LogP contribution in [-0.4, -0.2) is 14.8 Å². The van der Waals surface area contributed by atoms with Crippen molar-refractivity contribution >= 4 is 16.3 Å². The molecular formula is C12H10N4S. The molecule has 0 amide bonds. The maximum Gasteiger partial charge on any atom is 0.212 e. The third kappa shape index (κ3) is 1.92. The Balaban J connectivity index is 1.99. The molecule has 0 saturated carbocycles. The Morgan fingerprint density at radius 2 is 1.88 bits per heavy atom. The van der Waals surface area contributed by atoms with Crippen LogP contribution in [-0.2, 0) is 0 Å². The highest BCUT2D eigenvalue weighted by Gasteiger charge is 2.05. The topological polar surface area (TPSA) is 56.7 Å². The molecule has 3 aromatic rings. The molecule has 0 aliphatic rings. The Morgan fingerprint density at radius 3 is 2.59 bits per heavy atom. The summed E-state index contributed by atoms with van der Waals surface area (Å²) in [5.41, 5.74) is 7.86. The van der Waals surface area contributed by atoms with Crippen LogP contribution in [0.3, 0.4) is 0 Å². The van der Waals surface area contributed by atoms with E-state index in [-0.39, 0.29) is 0 Å². The lowest BCUT2D eigenvalue weighted by molar-refractivity contribution is 0.870. The van der Waals surface area contributed by atoms with Crippen LogP contribution in [0.4, 0.5) is 5.00 Å². The van der Waals surface area contributed by atoms with Crippen molar-refractivity contribution in [3.8, 4) is 16.3 Å². The first-order valence-corrected chi connectivity index (χ1v) is 5.96. The van der Waals surface area contributed by atoms with E-state index in [1.807, 2.05) is 30.6 Å². The monoisotopic (exact) mass is 242 g/mol. The molecule has 2 heterocycles. The molecule has 2 aromatic heterocycles. The fourth-order valence-corrected chi connectivity index (χ4v) is 2.20. The van der Waals surface area contributed by atoms with Crippen LogP contribution in [0.2, 0.25) is 0 Å². The van der Waals surface area contributed by atoms with Gasteiger partial charge in [-0.1, -0.05) is 41.7 Å². The van der Waals surface area contributed by atoms with Gasteiger partial charge in [-0.2, -0.15) is 5.10 Å². The van der Waals surface area contributed by atoms with Gasteiger partial charge in [0.2, 0.25) is 5.13 Å². The fraction of sp³-hybridized carbons (Fsp3) is 0. The van der Waals surface area contributed by atoms with Gasteiger partial charge >= 0.3 is 0 Å². The van der Waals surface area contributed by atoms with Crippen molar-refractivity contribution in [2.24, 2.45) is 0 Å². The lowest BCUT2D eigenvalue weighted by Crippen LogP contribution is -1.91. The highest BCUT2D eigenvalue weighted by atomic mass is 32.1. The number of benzene rings is 1. The Hall–Kier alpha value is -2.14. The molecule has 5 heteroatoms. The third-order valence-electron chi connectivity index (χ3n) is 2.40. The number of aromatic nitrogens is 3. The van der Waals surface area contributed by atoms with Crippen LogP contribution in [0.25, 0.3) is 16.3 Å². The van der Waals surface area contributed by atoms with Crippen LogP contribution in [0.15, 0.2) is 48.9 Å². The summed E-state index contributed by atoms with van der Waals surface area (Å²) in [6.45, 7) is 0. The minimum Gasteiger partial charge on any atom is -0.389 e. The van der Waals surface area contributed by atoms with E-state index < -0.39 is 0 Å². The van der Waals surface area contributed by atoms with Crippen molar-refractivity contribution in [2.75, 3.05) is 5.73 Å². The Morgan fingerprint density at radius 1 is 1.06 bits per heavy atom. The Bertz CT molecular complexity index is 627. The standard InChI is InChI=1S/C12H10N4S/c13-11-7-14-12(17-11)16-8-10(6-15-16)9-4-2-1-3-5-9/h1-8H,13H2. The van der Waals surface area contributed by atoms with Crippen molar-refractivity contribution < 1.29 is 0 Å². The van der Waals surface area contributed by atoms with Gasteiger partial charge in [-0.05, 0) is 5.56 Å². The summed E-state index contributed by atoms with van der Waals surface area (Å²) < 4.78 is 1.74. The van der Waals surface area contributed by atoms with Crippen molar-refractivity contribution in [3.63, 3.8) is 0 Å². The van der Waals surface area contributed by atoms with Crippen molar-refractivity contribution in [1.29, 1.82) is 0 Å². The number of hydrogen-bond acceptors (Lipinski definition) is 4. The first kappa shape index (κ1) is 10.0. The number of rotatable bonds is 2. The summed E-state index contributed by atoms with van der Waals surface area (Å²) in [5.74, 6) is 0. The molecule has 0 unspecified atom stereocenters. The van der Waals surface area contributed by atoms with E-state index >= 15 is 0 Å². The minimum absolute atomic E-state index is 0.691.